The summed E-state index contributed by atoms with van der Waals surface area (Å²) < 4.78 is 0. The molecule has 0 unspecified atom stereocenters. The Morgan fingerprint density at radius 2 is 2.11 bits per heavy atom. The second-order valence-electron chi connectivity index (χ2n) is 4.65. The molecule has 0 aliphatic heterocycles. The van der Waals surface area contributed by atoms with Gasteiger partial charge < -0.3 is 15.7 Å². The van der Waals surface area contributed by atoms with Gasteiger partial charge in [-0.2, -0.15) is 0 Å². The van der Waals surface area contributed by atoms with Gasteiger partial charge in [-0.1, -0.05) is 0 Å². The van der Waals surface area contributed by atoms with Crippen molar-refractivity contribution in [2.75, 3.05) is 12.4 Å². The van der Waals surface area contributed by atoms with Crippen LogP contribution in [0.3, 0.4) is 0 Å². The highest BCUT2D eigenvalue weighted by atomic mass is 16.3. The molecule has 0 bridgehead atoms. The third kappa shape index (κ3) is 2.98. The van der Waals surface area contributed by atoms with E-state index in [1.54, 1.807) is 25.5 Å². The van der Waals surface area contributed by atoms with Gasteiger partial charge in [-0.05, 0) is 31.7 Å². The van der Waals surface area contributed by atoms with Crippen molar-refractivity contribution in [3.63, 3.8) is 0 Å². The lowest BCUT2D eigenvalue weighted by Gasteiger charge is -2.26. The van der Waals surface area contributed by atoms with Gasteiger partial charge in [-0.3, -0.25) is 9.78 Å². The number of carbonyl (C=O) groups is 1. The number of hydrogen-bond acceptors (Lipinski definition) is 4. The molecule has 0 radical (unpaired) electrons. The number of amides is 1. The quantitative estimate of drug-likeness (QED) is 0.751. The van der Waals surface area contributed by atoms with Crippen molar-refractivity contribution in [1.82, 2.24) is 10.3 Å². The Hall–Kier alpha value is -1.62. The van der Waals surface area contributed by atoms with Gasteiger partial charge in [-0.25, -0.2) is 0 Å². The molecular weight excluding hydrogens is 230 g/mol. The molecule has 1 aliphatic rings. The minimum atomic E-state index is -0.202. The van der Waals surface area contributed by atoms with Crippen LogP contribution in [-0.2, 0) is 0 Å². The van der Waals surface area contributed by atoms with E-state index in [2.05, 4.69) is 15.6 Å². The van der Waals surface area contributed by atoms with E-state index in [-0.39, 0.29) is 18.1 Å². The van der Waals surface area contributed by atoms with E-state index in [9.17, 15) is 9.90 Å². The number of aromatic nitrogens is 1. The number of aliphatic hydroxyl groups excluding tert-OH is 1. The summed E-state index contributed by atoms with van der Waals surface area (Å²) in [7, 11) is 1.77. The maximum Gasteiger partial charge on any atom is 0.253 e. The summed E-state index contributed by atoms with van der Waals surface area (Å²) >= 11 is 0. The van der Waals surface area contributed by atoms with Crippen LogP contribution in [0, 0.1) is 0 Å². The molecule has 1 fully saturated rings. The van der Waals surface area contributed by atoms with Crippen LogP contribution in [0.15, 0.2) is 18.5 Å². The van der Waals surface area contributed by atoms with Crippen LogP contribution in [-0.4, -0.2) is 35.2 Å². The molecule has 18 heavy (non-hydrogen) atoms. The van der Waals surface area contributed by atoms with Gasteiger partial charge in [0.2, 0.25) is 0 Å². The fourth-order valence-electron chi connectivity index (χ4n) is 2.27. The van der Waals surface area contributed by atoms with Gasteiger partial charge in [0.15, 0.2) is 0 Å². The molecule has 1 aliphatic carbocycles. The van der Waals surface area contributed by atoms with Gasteiger partial charge in [0.05, 0.1) is 23.6 Å². The molecule has 1 saturated carbocycles. The van der Waals surface area contributed by atoms with E-state index in [0.29, 0.717) is 5.56 Å². The number of nitrogens with zero attached hydrogens (tertiary/aromatic N) is 1. The topological polar surface area (TPSA) is 74.2 Å². The second-order valence-corrected chi connectivity index (χ2v) is 4.65. The summed E-state index contributed by atoms with van der Waals surface area (Å²) in [4.78, 5) is 16.1. The summed E-state index contributed by atoms with van der Waals surface area (Å²) in [5, 5.41) is 15.4. The molecule has 3 N–H and O–H groups in total. The number of nitrogens with one attached hydrogen (secondary N) is 2. The predicted octanol–water partition coefficient (Wildman–Crippen LogP) is 1.16. The molecule has 0 spiro atoms. The smallest absolute Gasteiger partial charge is 0.253 e. The lowest BCUT2D eigenvalue weighted by molar-refractivity contribution is 0.0868. The molecule has 0 aromatic carbocycles. The fraction of sp³-hybridized carbons (Fsp3) is 0.538. The Morgan fingerprint density at radius 3 is 2.78 bits per heavy atom. The number of aliphatic hydroxyl groups is 1. The predicted molar refractivity (Wildman–Crippen MR) is 69.5 cm³/mol. The van der Waals surface area contributed by atoms with Crippen LogP contribution >= 0.6 is 0 Å². The zero-order valence-electron chi connectivity index (χ0n) is 10.5. The largest absolute Gasteiger partial charge is 0.393 e. The van der Waals surface area contributed by atoms with E-state index in [1.165, 1.54) is 0 Å². The number of pyridine rings is 1. The van der Waals surface area contributed by atoms with Gasteiger partial charge in [-0.15, -0.1) is 0 Å². The molecule has 98 valence electrons. The Bertz CT molecular complexity index is 414. The van der Waals surface area contributed by atoms with Crippen molar-refractivity contribution < 1.29 is 9.90 Å². The summed E-state index contributed by atoms with van der Waals surface area (Å²) in [5.74, 6) is -0.0804. The Kier molecular flexibility index (Phi) is 4.15. The molecular formula is C13H19N3O2. The molecule has 2 rings (SSSR count). The summed E-state index contributed by atoms with van der Waals surface area (Å²) in [6.45, 7) is 0. The van der Waals surface area contributed by atoms with E-state index < -0.39 is 0 Å². The van der Waals surface area contributed by atoms with E-state index in [4.69, 9.17) is 0 Å². The lowest BCUT2D eigenvalue weighted by Crippen LogP contribution is -2.38. The maximum atomic E-state index is 12.1. The molecule has 5 nitrogen and oxygen atoms in total. The first-order valence-electron chi connectivity index (χ1n) is 6.31. The van der Waals surface area contributed by atoms with Crippen LogP contribution < -0.4 is 10.6 Å². The molecule has 0 saturated heterocycles. The fourth-order valence-corrected chi connectivity index (χ4v) is 2.27. The highest BCUT2D eigenvalue weighted by Gasteiger charge is 2.22. The van der Waals surface area contributed by atoms with Gasteiger partial charge in [0.1, 0.15) is 0 Å². The summed E-state index contributed by atoms with van der Waals surface area (Å²) in [6, 6.07) is 1.87. The minimum Gasteiger partial charge on any atom is -0.393 e. The third-order valence-corrected chi connectivity index (χ3v) is 3.37. The second kappa shape index (κ2) is 5.82. The first kappa shape index (κ1) is 12.8. The summed E-state index contributed by atoms with van der Waals surface area (Å²) in [5.41, 5.74) is 1.34. The van der Waals surface area contributed by atoms with Crippen molar-refractivity contribution >= 4 is 11.6 Å². The number of rotatable bonds is 3. The Balaban J connectivity index is 1.99. The Labute approximate surface area is 107 Å². The number of hydrogen-bond donors (Lipinski definition) is 3. The molecule has 1 heterocycles. The average molecular weight is 249 g/mol. The lowest BCUT2D eigenvalue weighted by atomic mass is 9.93. The van der Waals surface area contributed by atoms with Crippen molar-refractivity contribution in [2.24, 2.45) is 0 Å². The van der Waals surface area contributed by atoms with Crippen molar-refractivity contribution in [3.8, 4) is 0 Å². The molecule has 1 amide bonds. The zero-order valence-corrected chi connectivity index (χ0v) is 10.5. The molecule has 5 heteroatoms. The highest BCUT2D eigenvalue weighted by molar-refractivity contribution is 5.99. The zero-order chi connectivity index (χ0) is 13.0. The molecule has 1 aromatic heterocycles. The number of carbonyl (C=O) groups excluding carboxylic acids is 1. The van der Waals surface area contributed by atoms with Crippen LogP contribution in [0.4, 0.5) is 5.69 Å². The van der Waals surface area contributed by atoms with Gasteiger partial charge >= 0.3 is 0 Å². The normalized spacial score (nSPS) is 23.4. The molecule has 1 aromatic rings. The average Bonchev–Trinajstić information content (AvgIpc) is 2.41. The first-order chi connectivity index (χ1) is 8.70. The van der Waals surface area contributed by atoms with Crippen LogP contribution in [0.2, 0.25) is 0 Å². The van der Waals surface area contributed by atoms with E-state index in [0.717, 1.165) is 31.4 Å². The summed E-state index contributed by atoms with van der Waals surface area (Å²) in [6.07, 6.45) is 6.26. The van der Waals surface area contributed by atoms with Crippen LogP contribution in [0.5, 0.6) is 0 Å². The standard InChI is InChI=1S/C13H19N3O2/c1-14-12-8-15-7-6-11(12)13(18)16-9-2-4-10(17)5-3-9/h6-10,14,17H,2-5H2,1H3,(H,16,18). The SMILES string of the molecule is CNc1cnccc1C(=O)NC1CCC(O)CC1. The minimum absolute atomic E-state index is 0.0804. The third-order valence-electron chi connectivity index (χ3n) is 3.37. The van der Waals surface area contributed by atoms with E-state index in [1.807, 2.05) is 0 Å². The monoisotopic (exact) mass is 249 g/mol. The van der Waals surface area contributed by atoms with E-state index >= 15 is 0 Å². The first-order valence-corrected chi connectivity index (χ1v) is 6.31. The number of anilines is 1. The van der Waals surface area contributed by atoms with Gasteiger partial charge in [0.25, 0.3) is 5.91 Å². The van der Waals surface area contributed by atoms with Crippen molar-refractivity contribution in [3.05, 3.63) is 24.0 Å². The van der Waals surface area contributed by atoms with Crippen LogP contribution in [0.1, 0.15) is 36.0 Å². The van der Waals surface area contributed by atoms with Crippen molar-refractivity contribution in [2.45, 2.75) is 37.8 Å². The van der Waals surface area contributed by atoms with Gasteiger partial charge in [0, 0.05) is 19.3 Å². The van der Waals surface area contributed by atoms with Crippen LogP contribution in [0.25, 0.3) is 0 Å². The Morgan fingerprint density at radius 1 is 1.39 bits per heavy atom. The highest BCUT2D eigenvalue weighted by Crippen LogP contribution is 2.19. The molecule has 0 atom stereocenters. The van der Waals surface area contributed by atoms with Crippen molar-refractivity contribution in [1.29, 1.82) is 0 Å². The maximum absolute atomic E-state index is 12.1.